The Balaban J connectivity index is 3.00. The van der Waals surface area contributed by atoms with Gasteiger partial charge in [0.2, 0.25) is 0 Å². The molecule has 19 heavy (non-hydrogen) atoms. The van der Waals surface area contributed by atoms with Gasteiger partial charge in [-0.05, 0) is 26.0 Å². The molecule has 0 radical (unpaired) electrons. The Kier molecular flexibility index (Phi) is 4.70. The molecular formula is C13H20O6. The third-order valence-corrected chi connectivity index (χ3v) is 3.01. The highest BCUT2D eigenvalue weighted by Crippen LogP contribution is 2.33. The maximum absolute atomic E-state index is 11.3. The molecule has 0 saturated heterocycles. The van der Waals surface area contributed by atoms with Gasteiger partial charge < -0.3 is 18.9 Å². The van der Waals surface area contributed by atoms with Gasteiger partial charge in [-0.15, -0.1) is 0 Å². The molecular weight excluding hydrogens is 252 g/mol. The van der Waals surface area contributed by atoms with E-state index in [-0.39, 0.29) is 6.61 Å². The van der Waals surface area contributed by atoms with Gasteiger partial charge in [0.1, 0.15) is 12.7 Å². The molecule has 0 aliphatic carbocycles. The van der Waals surface area contributed by atoms with Gasteiger partial charge in [-0.3, -0.25) is 9.59 Å². The van der Waals surface area contributed by atoms with Crippen molar-refractivity contribution in [1.29, 1.82) is 0 Å². The Bertz CT molecular complexity index is 391. The highest BCUT2D eigenvalue weighted by Gasteiger charge is 2.46. The summed E-state index contributed by atoms with van der Waals surface area (Å²) in [6.45, 7) is 5.95. The molecule has 6 heteroatoms. The molecule has 3 unspecified atom stereocenters. The van der Waals surface area contributed by atoms with Crippen molar-refractivity contribution >= 4 is 11.9 Å². The molecule has 0 aromatic rings. The van der Waals surface area contributed by atoms with Crippen LogP contribution in [0.15, 0.2) is 12.2 Å². The smallest absolute Gasteiger partial charge is 0.303 e. The summed E-state index contributed by atoms with van der Waals surface area (Å²) in [6.07, 6.45) is 2.76. The van der Waals surface area contributed by atoms with E-state index in [0.29, 0.717) is 0 Å². The lowest BCUT2D eigenvalue weighted by molar-refractivity contribution is -0.251. The van der Waals surface area contributed by atoms with E-state index in [1.807, 2.05) is 0 Å². The number of hydrogen-bond donors (Lipinski definition) is 0. The molecule has 0 aromatic heterocycles. The summed E-state index contributed by atoms with van der Waals surface area (Å²) < 4.78 is 21.2. The van der Waals surface area contributed by atoms with E-state index in [2.05, 4.69) is 0 Å². The minimum Gasteiger partial charge on any atom is -0.461 e. The average molecular weight is 272 g/mol. The van der Waals surface area contributed by atoms with Crippen molar-refractivity contribution in [2.45, 2.75) is 45.2 Å². The first kappa shape index (κ1) is 15.7. The Hall–Kier alpha value is -1.40. The zero-order valence-corrected chi connectivity index (χ0v) is 11.9. The number of methoxy groups -OCH3 is 1. The predicted molar refractivity (Wildman–Crippen MR) is 66.2 cm³/mol. The highest BCUT2D eigenvalue weighted by atomic mass is 16.7. The topological polar surface area (TPSA) is 71.1 Å². The monoisotopic (exact) mass is 272 g/mol. The van der Waals surface area contributed by atoms with Crippen molar-refractivity contribution in [3.8, 4) is 0 Å². The summed E-state index contributed by atoms with van der Waals surface area (Å²) in [5, 5.41) is 0. The summed E-state index contributed by atoms with van der Waals surface area (Å²) in [4.78, 5) is 22.2. The van der Waals surface area contributed by atoms with Gasteiger partial charge in [0.25, 0.3) is 0 Å². The van der Waals surface area contributed by atoms with Crippen molar-refractivity contribution < 1.29 is 28.5 Å². The molecule has 0 amide bonds. The lowest BCUT2D eigenvalue weighted by Gasteiger charge is -2.42. The van der Waals surface area contributed by atoms with Gasteiger partial charge in [0.05, 0.1) is 0 Å². The van der Waals surface area contributed by atoms with Crippen LogP contribution in [0, 0.1) is 0 Å². The van der Waals surface area contributed by atoms with E-state index in [0.717, 1.165) is 0 Å². The van der Waals surface area contributed by atoms with E-state index >= 15 is 0 Å². The normalized spacial score (nSPS) is 33.8. The molecule has 0 aromatic carbocycles. The van der Waals surface area contributed by atoms with Gasteiger partial charge in [-0.1, -0.05) is 0 Å². The summed E-state index contributed by atoms with van der Waals surface area (Å²) in [5.41, 5.74) is -1.13. The Morgan fingerprint density at radius 3 is 2.32 bits per heavy atom. The highest BCUT2D eigenvalue weighted by molar-refractivity contribution is 5.68. The molecule has 0 N–H and O–H groups in total. The first-order valence-corrected chi connectivity index (χ1v) is 5.99. The third-order valence-electron chi connectivity index (χ3n) is 3.01. The Morgan fingerprint density at radius 1 is 1.26 bits per heavy atom. The van der Waals surface area contributed by atoms with E-state index in [4.69, 9.17) is 18.9 Å². The van der Waals surface area contributed by atoms with Gasteiger partial charge in [-0.2, -0.15) is 0 Å². The number of ether oxygens (including phenoxy) is 4. The fourth-order valence-electron chi connectivity index (χ4n) is 1.83. The van der Waals surface area contributed by atoms with Crippen molar-refractivity contribution in [3.63, 3.8) is 0 Å². The zero-order valence-electron chi connectivity index (χ0n) is 11.9. The molecule has 1 aliphatic rings. The van der Waals surface area contributed by atoms with E-state index in [9.17, 15) is 9.59 Å². The molecule has 1 rings (SSSR count). The van der Waals surface area contributed by atoms with E-state index in [1.165, 1.54) is 21.0 Å². The zero-order chi connectivity index (χ0) is 14.7. The minimum atomic E-state index is -1.13. The standard InChI is InChI=1S/C13H20O6/c1-9-13(19-11(3)15,8-17-10(2)14)7-6-12(4,16-5)18-9/h6-7,9H,8H2,1-5H3. The molecule has 108 valence electrons. The number of rotatable bonds is 4. The van der Waals surface area contributed by atoms with Crippen LogP contribution in [0.4, 0.5) is 0 Å². The van der Waals surface area contributed by atoms with Crippen LogP contribution in [-0.2, 0) is 28.5 Å². The van der Waals surface area contributed by atoms with Gasteiger partial charge in [0.15, 0.2) is 11.4 Å². The maximum Gasteiger partial charge on any atom is 0.303 e. The quantitative estimate of drug-likeness (QED) is 0.565. The first-order chi connectivity index (χ1) is 8.73. The van der Waals surface area contributed by atoms with Crippen molar-refractivity contribution in [3.05, 3.63) is 12.2 Å². The van der Waals surface area contributed by atoms with Crippen LogP contribution in [0.5, 0.6) is 0 Å². The van der Waals surface area contributed by atoms with Crippen molar-refractivity contribution in [2.24, 2.45) is 0 Å². The van der Waals surface area contributed by atoms with Crippen LogP contribution in [-0.4, -0.2) is 43.1 Å². The summed E-state index contributed by atoms with van der Waals surface area (Å²) in [6, 6.07) is 0. The molecule has 1 heterocycles. The predicted octanol–water partition coefficient (Wildman–Crippen LogP) is 1.19. The SMILES string of the molecule is COC1(C)C=CC(COC(C)=O)(OC(C)=O)C(C)O1. The van der Waals surface area contributed by atoms with Crippen LogP contribution in [0.3, 0.4) is 0 Å². The fourth-order valence-corrected chi connectivity index (χ4v) is 1.83. The Morgan fingerprint density at radius 2 is 1.89 bits per heavy atom. The average Bonchev–Trinajstić information content (AvgIpc) is 2.31. The van der Waals surface area contributed by atoms with Crippen LogP contribution in [0.1, 0.15) is 27.7 Å². The first-order valence-electron chi connectivity index (χ1n) is 5.99. The second kappa shape index (κ2) is 5.71. The third kappa shape index (κ3) is 3.78. The molecule has 0 fully saturated rings. The molecule has 3 atom stereocenters. The molecule has 6 nitrogen and oxygen atoms in total. The largest absolute Gasteiger partial charge is 0.461 e. The molecule has 0 spiro atoms. The summed E-state index contributed by atoms with van der Waals surface area (Å²) in [5.74, 6) is -1.82. The number of carbonyl (C=O) groups is 2. The lowest BCUT2D eigenvalue weighted by Crippen LogP contribution is -2.55. The minimum absolute atomic E-state index is 0.0978. The van der Waals surface area contributed by atoms with Crippen molar-refractivity contribution in [2.75, 3.05) is 13.7 Å². The van der Waals surface area contributed by atoms with Gasteiger partial charge >= 0.3 is 11.9 Å². The second-order valence-electron chi connectivity index (χ2n) is 4.64. The van der Waals surface area contributed by atoms with Crippen LogP contribution in [0.2, 0.25) is 0 Å². The number of hydrogen-bond acceptors (Lipinski definition) is 6. The van der Waals surface area contributed by atoms with Crippen LogP contribution < -0.4 is 0 Å². The van der Waals surface area contributed by atoms with E-state index < -0.39 is 29.4 Å². The summed E-state index contributed by atoms with van der Waals surface area (Å²) >= 11 is 0. The second-order valence-corrected chi connectivity index (χ2v) is 4.64. The molecule has 0 bridgehead atoms. The fraction of sp³-hybridized carbons (Fsp3) is 0.692. The van der Waals surface area contributed by atoms with Gasteiger partial charge in [-0.25, -0.2) is 0 Å². The molecule has 0 saturated carbocycles. The lowest BCUT2D eigenvalue weighted by atomic mass is 9.93. The van der Waals surface area contributed by atoms with Crippen molar-refractivity contribution in [1.82, 2.24) is 0 Å². The summed E-state index contributed by atoms with van der Waals surface area (Å²) in [7, 11) is 1.52. The van der Waals surface area contributed by atoms with Crippen LogP contribution >= 0.6 is 0 Å². The van der Waals surface area contributed by atoms with Gasteiger partial charge in [0, 0.05) is 21.0 Å². The number of esters is 2. The van der Waals surface area contributed by atoms with Crippen LogP contribution in [0.25, 0.3) is 0 Å². The number of carbonyl (C=O) groups excluding carboxylic acids is 2. The van der Waals surface area contributed by atoms with E-state index in [1.54, 1.807) is 26.0 Å². The Labute approximate surface area is 112 Å². The molecule has 1 aliphatic heterocycles. The maximum atomic E-state index is 11.3.